The van der Waals surface area contributed by atoms with Crippen LogP contribution < -0.4 is 0 Å². The molecule has 1 unspecified atom stereocenters. The second-order valence-electron chi connectivity index (χ2n) is 4.84. The van der Waals surface area contributed by atoms with E-state index in [2.05, 4.69) is 4.98 Å². The summed E-state index contributed by atoms with van der Waals surface area (Å²) in [5.41, 5.74) is 0.517. The van der Waals surface area contributed by atoms with Crippen LogP contribution in [-0.2, 0) is 11.3 Å². The summed E-state index contributed by atoms with van der Waals surface area (Å²) in [5.74, 6) is -2.63. The second-order valence-corrected chi connectivity index (χ2v) is 4.84. The number of halogens is 2. The first-order valence-electron chi connectivity index (χ1n) is 6.04. The highest BCUT2D eigenvalue weighted by atomic mass is 19.2. The van der Waals surface area contributed by atoms with Crippen LogP contribution in [0.2, 0.25) is 0 Å². The van der Waals surface area contributed by atoms with E-state index in [1.807, 2.05) is 25.9 Å². The molecular weight excluding hydrogens is 268 g/mol. The van der Waals surface area contributed by atoms with E-state index >= 15 is 0 Å². The van der Waals surface area contributed by atoms with Gasteiger partial charge in [0.1, 0.15) is 12.4 Å². The van der Waals surface area contributed by atoms with Gasteiger partial charge in [0.25, 0.3) is 0 Å². The SMILES string of the molecule is CC(c1nc2cc(F)c(F)cc2n1CC(=O)O)N(C)C. The molecule has 1 N–H and O–H groups in total. The van der Waals surface area contributed by atoms with Crippen molar-refractivity contribution in [3.8, 4) is 0 Å². The molecule has 7 heteroatoms. The third kappa shape index (κ3) is 2.49. The van der Waals surface area contributed by atoms with Gasteiger partial charge in [0, 0.05) is 12.1 Å². The lowest BCUT2D eigenvalue weighted by molar-refractivity contribution is -0.137. The summed E-state index contributed by atoms with van der Waals surface area (Å²) in [5, 5.41) is 8.98. The van der Waals surface area contributed by atoms with Crippen LogP contribution in [-0.4, -0.2) is 39.6 Å². The van der Waals surface area contributed by atoms with Crippen molar-refractivity contribution in [3.63, 3.8) is 0 Å². The molecule has 1 aromatic heterocycles. The summed E-state index contributed by atoms with van der Waals surface area (Å²) in [6.07, 6.45) is 0. The van der Waals surface area contributed by atoms with E-state index in [0.29, 0.717) is 5.82 Å². The van der Waals surface area contributed by atoms with Gasteiger partial charge in [0.2, 0.25) is 0 Å². The van der Waals surface area contributed by atoms with Crippen molar-refractivity contribution in [2.24, 2.45) is 0 Å². The third-order valence-electron chi connectivity index (χ3n) is 3.26. The monoisotopic (exact) mass is 283 g/mol. The van der Waals surface area contributed by atoms with E-state index in [1.165, 1.54) is 4.57 Å². The molecule has 108 valence electrons. The van der Waals surface area contributed by atoms with E-state index < -0.39 is 17.6 Å². The minimum Gasteiger partial charge on any atom is -0.480 e. The zero-order chi connectivity index (χ0) is 15.0. The van der Waals surface area contributed by atoms with Crippen LogP contribution >= 0.6 is 0 Å². The Morgan fingerprint density at radius 2 is 2.00 bits per heavy atom. The molecular formula is C13H15F2N3O2. The minimum atomic E-state index is -1.07. The molecule has 1 heterocycles. The molecule has 1 atom stereocenters. The Bertz CT molecular complexity index is 667. The summed E-state index contributed by atoms with van der Waals surface area (Å²) < 4.78 is 28.0. The predicted molar refractivity (Wildman–Crippen MR) is 69.4 cm³/mol. The number of aromatic nitrogens is 2. The van der Waals surface area contributed by atoms with E-state index in [0.717, 1.165) is 12.1 Å². The zero-order valence-corrected chi connectivity index (χ0v) is 11.4. The Kier molecular flexibility index (Phi) is 3.71. The molecule has 0 aliphatic heterocycles. The Morgan fingerprint density at radius 3 is 2.55 bits per heavy atom. The number of carboxylic acid groups (broad SMARTS) is 1. The molecule has 20 heavy (non-hydrogen) atoms. The van der Waals surface area contributed by atoms with Crippen molar-refractivity contribution in [1.29, 1.82) is 0 Å². The molecule has 0 amide bonds. The van der Waals surface area contributed by atoms with Gasteiger partial charge in [-0.3, -0.25) is 9.69 Å². The molecule has 0 radical (unpaired) electrons. The largest absolute Gasteiger partial charge is 0.480 e. The number of carbonyl (C=O) groups is 1. The average Bonchev–Trinajstić information content (AvgIpc) is 2.67. The van der Waals surface area contributed by atoms with E-state index in [1.54, 1.807) is 0 Å². The number of hydrogen-bond acceptors (Lipinski definition) is 3. The van der Waals surface area contributed by atoms with Crippen LogP contribution in [0.15, 0.2) is 12.1 Å². The smallest absolute Gasteiger partial charge is 0.323 e. The quantitative estimate of drug-likeness (QED) is 0.932. The number of carboxylic acids is 1. The van der Waals surface area contributed by atoms with Crippen LogP contribution in [0.1, 0.15) is 18.8 Å². The maximum absolute atomic E-state index is 13.4. The standard InChI is InChI=1S/C13H15F2N3O2/c1-7(17(2)3)13-16-10-4-8(14)9(15)5-11(10)18(13)6-12(19)20/h4-5,7H,6H2,1-3H3,(H,19,20). The maximum atomic E-state index is 13.4. The Morgan fingerprint density at radius 1 is 1.40 bits per heavy atom. The van der Waals surface area contributed by atoms with Gasteiger partial charge < -0.3 is 9.67 Å². The second kappa shape index (κ2) is 5.16. The number of hydrogen-bond donors (Lipinski definition) is 1. The van der Waals surface area contributed by atoms with E-state index in [4.69, 9.17) is 5.11 Å². The topological polar surface area (TPSA) is 58.4 Å². The number of benzene rings is 1. The highest BCUT2D eigenvalue weighted by Gasteiger charge is 2.21. The lowest BCUT2D eigenvalue weighted by atomic mass is 10.3. The molecule has 5 nitrogen and oxygen atoms in total. The molecule has 0 bridgehead atoms. The van der Waals surface area contributed by atoms with Crippen molar-refractivity contribution < 1.29 is 18.7 Å². The van der Waals surface area contributed by atoms with Crippen LogP contribution in [0.3, 0.4) is 0 Å². The van der Waals surface area contributed by atoms with E-state index in [9.17, 15) is 13.6 Å². The van der Waals surface area contributed by atoms with Crippen molar-refractivity contribution in [1.82, 2.24) is 14.5 Å². The highest BCUT2D eigenvalue weighted by molar-refractivity contribution is 5.78. The number of fused-ring (bicyclic) bond motifs is 1. The lowest BCUT2D eigenvalue weighted by Crippen LogP contribution is -2.22. The van der Waals surface area contributed by atoms with Crippen molar-refractivity contribution >= 4 is 17.0 Å². The van der Waals surface area contributed by atoms with Gasteiger partial charge in [-0.15, -0.1) is 0 Å². The summed E-state index contributed by atoms with van der Waals surface area (Å²) in [4.78, 5) is 17.1. The number of rotatable bonds is 4. The summed E-state index contributed by atoms with van der Waals surface area (Å²) in [6.45, 7) is 1.49. The Hall–Kier alpha value is -2.02. The Balaban J connectivity index is 2.69. The van der Waals surface area contributed by atoms with Crippen LogP contribution in [0.5, 0.6) is 0 Å². The fourth-order valence-electron chi connectivity index (χ4n) is 1.99. The molecule has 1 aromatic carbocycles. The highest BCUT2D eigenvalue weighted by Crippen LogP contribution is 2.25. The number of nitrogens with zero attached hydrogens (tertiary/aromatic N) is 3. The van der Waals surface area contributed by atoms with E-state index in [-0.39, 0.29) is 23.6 Å². The third-order valence-corrected chi connectivity index (χ3v) is 3.26. The molecule has 2 aromatic rings. The first-order valence-corrected chi connectivity index (χ1v) is 6.04. The summed E-state index contributed by atoms with van der Waals surface area (Å²) in [6, 6.07) is 1.77. The number of imidazole rings is 1. The summed E-state index contributed by atoms with van der Waals surface area (Å²) >= 11 is 0. The average molecular weight is 283 g/mol. The first-order chi connectivity index (χ1) is 9.31. The fraction of sp³-hybridized carbons (Fsp3) is 0.385. The molecule has 0 fully saturated rings. The lowest BCUT2D eigenvalue weighted by Gasteiger charge is -2.20. The van der Waals surface area contributed by atoms with Crippen LogP contribution in [0.4, 0.5) is 8.78 Å². The fourth-order valence-corrected chi connectivity index (χ4v) is 1.99. The summed E-state index contributed by atoms with van der Waals surface area (Å²) in [7, 11) is 3.63. The normalized spacial score (nSPS) is 13.1. The minimum absolute atomic E-state index is 0.187. The molecule has 2 rings (SSSR count). The first kappa shape index (κ1) is 14.4. The maximum Gasteiger partial charge on any atom is 0.323 e. The molecule has 0 aliphatic rings. The predicted octanol–water partition coefficient (Wildman–Crippen LogP) is 2.02. The number of aliphatic carboxylic acids is 1. The Labute approximate surface area is 114 Å². The van der Waals surface area contributed by atoms with Crippen molar-refractivity contribution in [3.05, 3.63) is 29.6 Å². The van der Waals surface area contributed by atoms with Gasteiger partial charge in [-0.05, 0) is 21.0 Å². The van der Waals surface area contributed by atoms with Gasteiger partial charge in [-0.25, -0.2) is 13.8 Å². The van der Waals surface area contributed by atoms with Crippen molar-refractivity contribution in [2.45, 2.75) is 19.5 Å². The van der Waals surface area contributed by atoms with Crippen molar-refractivity contribution in [2.75, 3.05) is 14.1 Å². The van der Waals surface area contributed by atoms with Gasteiger partial charge >= 0.3 is 5.97 Å². The van der Waals surface area contributed by atoms with Gasteiger partial charge in [0.15, 0.2) is 11.6 Å². The van der Waals surface area contributed by atoms with Crippen LogP contribution in [0.25, 0.3) is 11.0 Å². The molecule has 0 aliphatic carbocycles. The van der Waals surface area contributed by atoms with Gasteiger partial charge in [-0.1, -0.05) is 0 Å². The van der Waals surface area contributed by atoms with Crippen LogP contribution in [0, 0.1) is 11.6 Å². The molecule has 0 spiro atoms. The zero-order valence-electron chi connectivity index (χ0n) is 11.4. The van der Waals surface area contributed by atoms with Gasteiger partial charge in [0.05, 0.1) is 17.1 Å². The molecule has 0 saturated heterocycles. The van der Waals surface area contributed by atoms with Gasteiger partial charge in [-0.2, -0.15) is 0 Å². The molecule has 0 saturated carbocycles.